The molecule has 3 heterocycles. The Morgan fingerprint density at radius 1 is 1.44 bits per heavy atom. The molecule has 0 saturated carbocycles. The van der Waals surface area contributed by atoms with Crippen LogP contribution in [0.15, 0.2) is 22.7 Å². The SMILES string of the molecule is O=c1/c(=C/Nc2nccs2)sc2ncnn12. The van der Waals surface area contributed by atoms with E-state index < -0.39 is 0 Å². The Balaban J connectivity index is 2.05. The van der Waals surface area contributed by atoms with Crippen LogP contribution in [-0.4, -0.2) is 19.6 Å². The molecule has 0 amide bonds. The van der Waals surface area contributed by atoms with Crippen LogP contribution in [0.5, 0.6) is 0 Å². The second-order valence-electron chi connectivity index (χ2n) is 2.85. The van der Waals surface area contributed by atoms with Crippen LogP contribution in [0, 0.1) is 0 Å². The van der Waals surface area contributed by atoms with Crippen LogP contribution < -0.4 is 15.4 Å². The maximum atomic E-state index is 11.7. The lowest BCUT2D eigenvalue weighted by Crippen LogP contribution is -2.24. The van der Waals surface area contributed by atoms with E-state index in [1.54, 1.807) is 12.4 Å². The summed E-state index contributed by atoms with van der Waals surface area (Å²) in [5.41, 5.74) is -0.165. The van der Waals surface area contributed by atoms with Crippen molar-refractivity contribution in [3.63, 3.8) is 0 Å². The molecule has 0 fully saturated rings. The van der Waals surface area contributed by atoms with Crippen LogP contribution >= 0.6 is 22.7 Å². The van der Waals surface area contributed by atoms with E-state index in [1.807, 2.05) is 5.38 Å². The van der Waals surface area contributed by atoms with Crippen molar-refractivity contribution in [1.82, 2.24) is 19.6 Å². The summed E-state index contributed by atoms with van der Waals surface area (Å²) in [5, 5.41) is 9.39. The lowest BCUT2D eigenvalue weighted by Gasteiger charge is -1.88. The lowest BCUT2D eigenvalue weighted by atomic mass is 10.7. The average Bonchev–Trinajstić information content (AvgIpc) is 2.96. The average molecular weight is 251 g/mol. The van der Waals surface area contributed by atoms with E-state index in [-0.39, 0.29) is 5.56 Å². The summed E-state index contributed by atoms with van der Waals surface area (Å²) in [7, 11) is 0. The maximum Gasteiger partial charge on any atom is 0.292 e. The van der Waals surface area contributed by atoms with Gasteiger partial charge in [-0.15, -0.1) is 11.3 Å². The van der Waals surface area contributed by atoms with E-state index in [4.69, 9.17) is 0 Å². The summed E-state index contributed by atoms with van der Waals surface area (Å²) in [5.74, 6) is 0. The Bertz CT molecular complexity index is 713. The highest BCUT2D eigenvalue weighted by molar-refractivity contribution is 7.15. The fourth-order valence-corrected chi connectivity index (χ4v) is 2.50. The largest absolute Gasteiger partial charge is 0.336 e. The van der Waals surface area contributed by atoms with Gasteiger partial charge in [-0.25, -0.2) is 9.97 Å². The summed E-state index contributed by atoms with van der Waals surface area (Å²) < 4.78 is 1.84. The zero-order chi connectivity index (χ0) is 11.0. The van der Waals surface area contributed by atoms with Gasteiger partial charge in [-0.3, -0.25) is 4.79 Å². The fraction of sp³-hybridized carbons (Fsp3) is 0. The molecule has 1 N–H and O–H groups in total. The number of fused-ring (bicyclic) bond motifs is 1. The van der Waals surface area contributed by atoms with Gasteiger partial charge in [-0.2, -0.15) is 9.61 Å². The van der Waals surface area contributed by atoms with Gasteiger partial charge in [0, 0.05) is 17.8 Å². The third-order valence-electron chi connectivity index (χ3n) is 1.88. The number of hydrogen-bond donors (Lipinski definition) is 1. The van der Waals surface area contributed by atoms with Gasteiger partial charge in [0.1, 0.15) is 10.9 Å². The molecule has 0 unspecified atom stereocenters. The Morgan fingerprint density at radius 2 is 2.38 bits per heavy atom. The predicted octanol–water partition coefficient (Wildman–Crippen LogP) is 0.176. The number of aromatic nitrogens is 4. The smallest absolute Gasteiger partial charge is 0.292 e. The molecule has 0 aromatic carbocycles. The molecule has 8 heteroatoms. The van der Waals surface area contributed by atoms with E-state index in [1.165, 1.54) is 33.5 Å². The first-order chi connectivity index (χ1) is 7.84. The van der Waals surface area contributed by atoms with Crippen molar-refractivity contribution < 1.29 is 0 Å². The van der Waals surface area contributed by atoms with Crippen LogP contribution in [-0.2, 0) is 0 Å². The second kappa shape index (κ2) is 3.65. The molecule has 0 aliphatic carbocycles. The number of rotatable bonds is 2. The Labute approximate surface area is 96.9 Å². The molecule has 0 atom stereocenters. The van der Waals surface area contributed by atoms with Crippen LogP contribution in [0.4, 0.5) is 5.13 Å². The van der Waals surface area contributed by atoms with Gasteiger partial charge in [0.15, 0.2) is 5.13 Å². The van der Waals surface area contributed by atoms with Gasteiger partial charge in [0.2, 0.25) is 4.96 Å². The summed E-state index contributed by atoms with van der Waals surface area (Å²) in [6.45, 7) is 0. The molecule has 6 nitrogen and oxygen atoms in total. The van der Waals surface area contributed by atoms with E-state index in [2.05, 4.69) is 20.4 Å². The van der Waals surface area contributed by atoms with Gasteiger partial charge in [-0.05, 0) is 0 Å². The number of nitrogens with one attached hydrogen (secondary N) is 1. The van der Waals surface area contributed by atoms with Gasteiger partial charge >= 0.3 is 0 Å². The summed E-state index contributed by atoms with van der Waals surface area (Å²) in [6.07, 6.45) is 4.69. The molecule has 3 rings (SSSR count). The second-order valence-corrected chi connectivity index (χ2v) is 4.76. The number of anilines is 1. The molecule has 0 aliphatic heterocycles. The molecule has 0 radical (unpaired) electrons. The normalized spacial score (nSPS) is 12.4. The third-order valence-corrected chi connectivity index (χ3v) is 3.56. The topological polar surface area (TPSA) is 72.2 Å². The van der Waals surface area contributed by atoms with E-state index in [0.29, 0.717) is 9.49 Å². The van der Waals surface area contributed by atoms with Crippen LogP contribution in [0.2, 0.25) is 0 Å². The minimum absolute atomic E-state index is 0.165. The van der Waals surface area contributed by atoms with Crippen LogP contribution in [0.25, 0.3) is 11.2 Å². The van der Waals surface area contributed by atoms with Gasteiger partial charge in [-0.1, -0.05) is 11.3 Å². The highest BCUT2D eigenvalue weighted by Crippen LogP contribution is 2.09. The van der Waals surface area contributed by atoms with Crippen LogP contribution in [0.3, 0.4) is 0 Å². The third kappa shape index (κ3) is 1.48. The lowest BCUT2D eigenvalue weighted by molar-refractivity contribution is 0.932. The molecule has 0 bridgehead atoms. The maximum absolute atomic E-state index is 11.7. The summed E-state index contributed by atoms with van der Waals surface area (Å²) in [4.78, 5) is 20.3. The molecule has 0 saturated heterocycles. The molecule has 16 heavy (non-hydrogen) atoms. The zero-order valence-electron chi connectivity index (χ0n) is 7.82. The van der Waals surface area contributed by atoms with Gasteiger partial charge in [0.25, 0.3) is 5.56 Å². The van der Waals surface area contributed by atoms with E-state index >= 15 is 0 Å². The van der Waals surface area contributed by atoms with Gasteiger partial charge in [0.05, 0.1) is 0 Å². The zero-order valence-corrected chi connectivity index (χ0v) is 9.46. The molecule has 0 spiro atoms. The molecule has 0 aliphatic rings. The van der Waals surface area contributed by atoms with Crippen LogP contribution in [0.1, 0.15) is 0 Å². The molecule has 80 valence electrons. The van der Waals surface area contributed by atoms with Crippen molar-refractivity contribution in [2.75, 3.05) is 5.32 Å². The van der Waals surface area contributed by atoms with Crippen molar-refractivity contribution in [1.29, 1.82) is 0 Å². The molecule has 3 aromatic rings. The van der Waals surface area contributed by atoms with E-state index in [9.17, 15) is 4.79 Å². The Kier molecular flexibility index (Phi) is 2.15. The Hall–Kier alpha value is -1.80. The standard InChI is InChI=1S/C8H5N5OS2/c14-6-5(3-10-7-9-1-2-15-7)16-8-11-4-12-13(6)8/h1-4H,(H,9,10)/b5-3-. The molecular formula is C8H5N5OS2. The quantitative estimate of drug-likeness (QED) is 0.703. The van der Waals surface area contributed by atoms with E-state index in [0.717, 1.165) is 5.13 Å². The van der Waals surface area contributed by atoms with Crippen molar-refractivity contribution >= 4 is 39.0 Å². The first-order valence-corrected chi connectivity index (χ1v) is 6.03. The monoisotopic (exact) mass is 251 g/mol. The minimum atomic E-state index is -0.165. The van der Waals surface area contributed by atoms with Crippen molar-refractivity contribution in [3.8, 4) is 0 Å². The Morgan fingerprint density at radius 3 is 3.12 bits per heavy atom. The predicted molar refractivity (Wildman–Crippen MR) is 62.6 cm³/mol. The molecular weight excluding hydrogens is 246 g/mol. The first-order valence-electron chi connectivity index (χ1n) is 4.33. The van der Waals surface area contributed by atoms with Gasteiger partial charge < -0.3 is 5.32 Å². The number of hydrogen-bond acceptors (Lipinski definition) is 7. The summed E-state index contributed by atoms with van der Waals surface area (Å²) in [6, 6.07) is 0. The van der Waals surface area contributed by atoms with Crippen molar-refractivity contribution in [3.05, 3.63) is 32.8 Å². The van der Waals surface area contributed by atoms with Crippen molar-refractivity contribution in [2.45, 2.75) is 0 Å². The highest BCUT2D eigenvalue weighted by Gasteiger charge is 2.04. The molecule has 3 aromatic heterocycles. The van der Waals surface area contributed by atoms with Crippen molar-refractivity contribution in [2.24, 2.45) is 0 Å². The number of thiazole rings is 2. The first kappa shape index (κ1) is 9.43. The minimum Gasteiger partial charge on any atom is -0.336 e. The number of nitrogens with zero attached hydrogens (tertiary/aromatic N) is 4. The highest BCUT2D eigenvalue weighted by atomic mass is 32.1. The fourth-order valence-electron chi connectivity index (χ4n) is 1.20. The summed E-state index contributed by atoms with van der Waals surface area (Å²) >= 11 is 2.76.